The number of hydrogen-bond acceptors (Lipinski definition) is 3. The molecular weight excluding hydrogens is 198 g/mol. The Labute approximate surface area is 96.4 Å². The van der Waals surface area contributed by atoms with Crippen LogP contribution in [0, 0.1) is 12.3 Å². The summed E-state index contributed by atoms with van der Waals surface area (Å²) in [6, 6.07) is 3.88. The van der Waals surface area contributed by atoms with Gasteiger partial charge in [-0.1, -0.05) is 12.2 Å². The van der Waals surface area contributed by atoms with Crippen molar-refractivity contribution in [1.29, 1.82) is 5.41 Å². The molecule has 0 spiro atoms. The van der Waals surface area contributed by atoms with Gasteiger partial charge in [-0.2, -0.15) is 0 Å². The van der Waals surface area contributed by atoms with Crippen molar-refractivity contribution in [3.8, 4) is 0 Å². The van der Waals surface area contributed by atoms with Gasteiger partial charge in [-0.05, 0) is 32.9 Å². The molecule has 84 valence electrons. The van der Waals surface area contributed by atoms with Crippen LogP contribution in [0.1, 0.15) is 19.5 Å². The molecule has 16 heavy (non-hydrogen) atoms. The molecule has 0 saturated carbocycles. The number of pyridine rings is 1. The second kappa shape index (κ2) is 5.85. The monoisotopic (exact) mass is 215 g/mol. The van der Waals surface area contributed by atoms with Gasteiger partial charge in [0.15, 0.2) is 0 Å². The molecule has 0 aliphatic rings. The minimum absolute atomic E-state index is 0.872. The molecule has 2 N–H and O–H groups in total. The lowest BCUT2D eigenvalue weighted by Crippen LogP contribution is -2.00. The number of hydrogen-bond donors (Lipinski definition) is 2. The van der Waals surface area contributed by atoms with Crippen LogP contribution in [0.4, 0.5) is 5.69 Å². The molecule has 0 aliphatic heterocycles. The van der Waals surface area contributed by atoms with E-state index in [0.29, 0.717) is 0 Å². The lowest BCUT2D eigenvalue weighted by Gasteiger charge is -2.08. The summed E-state index contributed by atoms with van der Waals surface area (Å²) < 4.78 is 0. The highest BCUT2D eigenvalue weighted by Gasteiger charge is 1.97. The Hall–Kier alpha value is -1.90. The van der Waals surface area contributed by atoms with Crippen molar-refractivity contribution in [2.75, 3.05) is 5.32 Å². The predicted octanol–water partition coefficient (Wildman–Crippen LogP) is 3.30. The molecule has 0 radical (unpaired) electrons. The van der Waals surface area contributed by atoms with Crippen molar-refractivity contribution < 1.29 is 0 Å². The van der Waals surface area contributed by atoms with Gasteiger partial charge in [-0.15, -0.1) is 0 Å². The molecule has 0 fully saturated rings. The van der Waals surface area contributed by atoms with E-state index in [4.69, 9.17) is 5.41 Å². The van der Waals surface area contributed by atoms with Gasteiger partial charge in [0.2, 0.25) is 0 Å². The zero-order valence-electron chi connectivity index (χ0n) is 9.91. The first-order valence-corrected chi connectivity index (χ1v) is 5.21. The molecule has 0 aliphatic carbocycles. The quantitative estimate of drug-likeness (QED) is 0.598. The Morgan fingerprint density at radius 3 is 2.81 bits per heavy atom. The van der Waals surface area contributed by atoms with Crippen LogP contribution in [0.5, 0.6) is 0 Å². The average Bonchev–Trinajstić information content (AvgIpc) is 2.25. The van der Waals surface area contributed by atoms with E-state index in [1.54, 1.807) is 6.20 Å². The minimum Gasteiger partial charge on any atom is -0.358 e. The van der Waals surface area contributed by atoms with Gasteiger partial charge < -0.3 is 10.7 Å². The Kier molecular flexibility index (Phi) is 4.45. The Morgan fingerprint density at radius 2 is 2.25 bits per heavy atom. The summed E-state index contributed by atoms with van der Waals surface area (Å²) in [6.45, 7) is 5.84. The molecule has 1 aromatic heterocycles. The van der Waals surface area contributed by atoms with E-state index in [2.05, 4.69) is 10.3 Å². The average molecular weight is 215 g/mol. The van der Waals surface area contributed by atoms with E-state index < -0.39 is 0 Å². The number of aromatic nitrogens is 1. The van der Waals surface area contributed by atoms with Crippen molar-refractivity contribution in [1.82, 2.24) is 4.98 Å². The Bertz CT molecular complexity index is 431. The highest BCUT2D eigenvalue weighted by Crippen LogP contribution is 2.12. The van der Waals surface area contributed by atoms with Crippen LogP contribution in [0.3, 0.4) is 0 Å². The van der Waals surface area contributed by atoms with Gasteiger partial charge in [-0.3, -0.25) is 4.98 Å². The summed E-state index contributed by atoms with van der Waals surface area (Å²) in [4.78, 5) is 4.13. The second-order valence-electron chi connectivity index (χ2n) is 3.54. The van der Waals surface area contributed by atoms with E-state index in [9.17, 15) is 0 Å². The van der Waals surface area contributed by atoms with Gasteiger partial charge in [0.05, 0.1) is 0 Å². The van der Waals surface area contributed by atoms with E-state index in [0.717, 1.165) is 22.7 Å². The molecule has 3 heteroatoms. The standard InChI is InChI=1S/C13H17N3/c1-4-5-12(9-14)11(3)16-13-6-7-15-10(2)8-13/h4-9,14H,1-3H3,(H,15,16)/b5-4+,12-11-,14-9?. The SMILES string of the molecule is C/C=C/C(C=N)=C(\C)Nc1ccnc(C)c1. The number of aryl methyl sites for hydroxylation is 1. The minimum atomic E-state index is 0.872. The van der Waals surface area contributed by atoms with Crippen LogP contribution >= 0.6 is 0 Å². The van der Waals surface area contributed by atoms with Gasteiger partial charge in [0, 0.05) is 35.1 Å². The predicted molar refractivity (Wildman–Crippen MR) is 68.9 cm³/mol. The third-order valence-corrected chi connectivity index (χ3v) is 2.16. The van der Waals surface area contributed by atoms with Crippen molar-refractivity contribution in [2.45, 2.75) is 20.8 Å². The molecule has 1 rings (SSSR count). The number of anilines is 1. The summed E-state index contributed by atoms with van der Waals surface area (Å²) in [6.07, 6.45) is 6.94. The highest BCUT2D eigenvalue weighted by atomic mass is 14.9. The van der Waals surface area contributed by atoms with Crippen LogP contribution in [0.15, 0.2) is 41.8 Å². The lowest BCUT2D eigenvalue weighted by atomic mass is 10.2. The summed E-state index contributed by atoms with van der Waals surface area (Å²) in [7, 11) is 0. The first-order valence-electron chi connectivity index (χ1n) is 5.21. The zero-order valence-corrected chi connectivity index (χ0v) is 9.91. The first kappa shape index (κ1) is 12.2. The summed E-state index contributed by atoms with van der Waals surface area (Å²) >= 11 is 0. The summed E-state index contributed by atoms with van der Waals surface area (Å²) in [5.41, 5.74) is 3.80. The van der Waals surface area contributed by atoms with Crippen molar-refractivity contribution in [3.63, 3.8) is 0 Å². The van der Waals surface area contributed by atoms with Gasteiger partial charge in [0.1, 0.15) is 0 Å². The van der Waals surface area contributed by atoms with Gasteiger partial charge in [-0.25, -0.2) is 0 Å². The van der Waals surface area contributed by atoms with Crippen LogP contribution in [-0.4, -0.2) is 11.2 Å². The fraction of sp³-hybridized carbons (Fsp3) is 0.231. The fourth-order valence-electron chi connectivity index (χ4n) is 1.37. The number of rotatable bonds is 4. The van der Waals surface area contributed by atoms with Gasteiger partial charge >= 0.3 is 0 Å². The van der Waals surface area contributed by atoms with E-state index in [1.807, 2.05) is 45.1 Å². The maximum atomic E-state index is 7.32. The van der Waals surface area contributed by atoms with E-state index in [1.165, 1.54) is 6.21 Å². The van der Waals surface area contributed by atoms with Crippen molar-refractivity contribution >= 4 is 11.9 Å². The smallest absolute Gasteiger partial charge is 0.0415 e. The van der Waals surface area contributed by atoms with Crippen LogP contribution in [0.2, 0.25) is 0 Å². The third kappa shape index (κ3) is 3.35. The molecule has 1 aromatic rings. The molecule has 0 amide bonds. The highest BCUT2D eigenvalue weighted by molar-refractivity contribution is 5.81. The normalized spacial score (nSPS) is 12.4. The Balaban J connectivity index is 2.92. The molecule has 3 nitrogen and oxygen atoms in total. The molecule has 0 unspecified atom stereocenters. The maximum absolute atomic E-state index is 7.32. The summed E-state index contributed by atoms with van der Waals surface area (Å²) in [5, 5.41) is 10.6. The van der Waals surface area contributed by atoms with E-state index >= 15 is 0 Å². The molecular formula is C13H17N3. The molecule has 0 aromatic carbocycles. The maximum Gasteiger partial charge on any atom is 0.0415 e. The van der Waals surface area contributed by atoms with Crippen molar-refractivity contribution in [2.24, 2.45) is 0 Å². The van der Waals surface area contributed by atoms with E-state index in [-0.39, 0.29) is 0 Å². The number of nitrogens with one attached hydrogen (secondary N) is 2. The topological polar surface area (TPSA) is 48.8 Å². The first-order chi connectivity index (χ1) is 7.67. The van der Waals surface area contributed by atoms with Crippen LogP contribution in [-0.2, 0) is 0 Å². The molecule has 0 saturated heterocycles. The number of allylic oxidation sites excluding steroid dienone is 4. The van der Waals surface area contributed by atoms with Crippen LogP contribution in [0.25, 0.3) is 0 Å². The number of nitrogens with zero attached hydrogens (tertiary/aromatic N) is 1. The zero-order chi connectivity index (χ0) is 12.0. The molecule has 0 bridgehead atoms. The van der Waals surface area contributed by atoms with Crippen LogP contribution < -0.4 is 5.32 Å². The molecule has 0 atom stereocenters. The molecule has 1 heterocycles. The summed E-state index contributed by atoms with van der Waals surface area (Å²) in [5.74, 6) is 0. The fourth-order valence-corrected chi connectivity index (χ4v) is 1.37. The van der Waals surface area contributed by atoms with Gasteiger partial charge in [0.25, 0.3) is 0 Å². The lowest BCUT2D eigenvalue weighted by molar-refractivity contribution is 1.19. The Morgan fingerprint density at radius 1 is 1.50 bits per heavy atom. The second-order valence-corrected chi connectivity index (χ2v) is 3.54. The van der Waals surface area contributed by atoms with Crippen molar-refractivity contribution in [3.05, 3.63) is 47.4 Å². The largest absolute Gasteiger partial charge is 0.358 e. The third-order valence-electron chi connectivity index (χ3n) is 2.16.